The van der Waals surface area contributed by atoms with Gasteiger partial charge in [0.25, 0.3) is 11.5 Å². The Bertz CT molecular complexity index is 863. The van der Waals surface area contributed by atoms with E-state index in [4.69, 9.17) is 0 Å². The maximum absolute atomic E-state index is 13.0. The van der Waals surface area contributed by atoms with Crippen LogP contribution in [0.25, 0.3) is 10.9 Å². The van der Waals surface area contributed by atoms with Gasteiger partial charge in [-0.15, -0.1) is 0 Å². The fourth-order valence-corrected chi connectivity index (χ4v) is 4.34. The van der Waals surface area contributed by atoms with Crippen LogP contribution in [0.15, 0.2) is 35.1 Å². The third-order valence-corrected chi connectivity index (χ3v) is 5.68. The van der Waals surface area contributed by atoms with Crippen LogP contribution in [0.5, 0.6) is 0 Å². The van der Waals surface area contributed by atoms with Crippen LogP contribution in [0.2, 0.25) is 0 Å². The monoisotopic (exact) mass is 339 g/mol. The predicted octanol–water partition coefficient (Wildman–Crippen LogP) is 2.41. The minimum atomic E-state index is -0.232. The van der Waals surface area contributed by atoms with Crippen LogP contribution < -0.4 is 10.9 Å². The molecule has 0 aliphatic carbocycles. The van der Waals surface area contributed by atoms with E-state index in [1.54, 1.807) is 10.6 Å². The molecule has 1 aromatic heterocycles. The lowest BCUT2D eigenvalue weighted by Gasteiger charge is -2.44. The van der Waals surface area contributed by atoms with Gasteiger partial charge in [0, 0.05) is 18.6 Å². The molecule has 3 aliphatic heterocycles. The summed E-state index contributed by atoms with van der Waals surface area (Å²) in [4.78, 5) is 28.2. The molecule has 132 valence electrons. The van der Waals surface area contributed by atoms with Gasteiger partial charge in [0.15, 0.2) is 0 Å². The van der Waals surface area contributed by atoms with Crippen LogP contribution in [0.1, 0.15) is 43.1 Å². The molecule has 5 nitrogen and oxygen atoms in total. The van der Waals surface area contributed by atoms with Crippen LogP contribution in [0, 0.1) is 5.92 Å². The second kappa shape index (κ2) is 6.30. The van der Waals surface area contributed by atoms with Gasteiger partial charge in [-0.05, 0) is 63.2 Å². The van der Waals surface area contributed by atoms with Gasteiger partial charge in [-0.3, -0.25) is 9.59 Å². The Morgan fingerprint density at radius 2 is 1.92 bits per heavy atom. The number of aromatic nitrogens is 1. The molecule has 0 saturated carbocycles. The van der Waals surface area contributed by atoms with E-state index in [0.29, 0.717) is 5.92 Å². The van der Waals surface area contributed by atoms with Crippen LogP contribution in [-0.4, -0.2) is 41.1 Å². The molecular weight excluding hydrogens is 314 g/mol. The molecule has 3 fully saturated rings. The summed E-state index contributed by atoms with van der Waals surface area (Å²) in [6, 6.07) is 9.66. The highest BCUT2D eigenvalue weighted by molar-refractivity contribution is 5.97. The van der Waals surface area contributed by atoms with E-state index < -0.39 is 0 Å². The summed E-state index contributed by atoms with van der Waals surface area (Å²) in [6.07, 6.45) is 2.28. The number of rotatable bonds is 3. The number of carbonyl (C=O) groups is 1. The molecule has 25 heavy (non-hydrogen) atoms. The first-order chi connectivity index (χ1) is 12.0. The molecule has 0 radical (unpaired) electrons. The molecule has 1 amide bonds. The molecule has 1 N–H and O–H groups in total. The zero-order valence-corrected chi connectivity index (χ0v) is 14.9. The fraction of sp³-hybridized carbons (Fsp3) is 0.500. The van der Waals surface area contributed by atoms with E-state index in [0.717, 1.165) is 43.4 Å². The molecule has 5 rings (SSSR count). The quantitative estimate of drug-likeness (QED) is 0.934. The number of pyridine rings is 1. The zero-order chi connectivity index (χ0) is 17.6. The highest BCUT2D eigenvalue weighted by Gasteiger charge is 2.35. The maximum Gasteiger partial charge on any atom is 0.264 e. The van der Waals surface area contributed by atoms with E-state index in [1.165, 1.54) is 0 Å². The van der Waals surface area contributed by atoms with Crippen LogP contribution in [0.4, 0.5) is 0 Å². The van der Waals surface area contributed by atoms with Crippen molar-refractivity contribution in [2.75, 3.05) is 19.6 Å². The standard InChI is InChI=1S/C20H25N3O2/c1-13(2)23-18-6-4-3-5-15(18)11-16(20(23)25)19(24)21-17-12-22-9-7-14(17)8-10-22/h3-6,11,13-14,17H,7-10,12H2,1-2H3,(H,21,24). The summed E-state index contributed by atoms with van der Waals surface area (Å²) in [5, 5.41) is 4.07. The molecule has 3 aliphatic rings. The predicted molar refractivity (Wildman–Crippen MR) is 99.0 cm³/mol. The molecule has 1 atom stereocenters. The molecule has 2 aromatic rings. The first kappa shape index (κ1) is 16.3. The highest BCUT2D eigenvalue weighted by atomic mass is 16.2. The summed E-state index contributed by atoms with van der Waals surface area (Å²) >= 11 is 0. The number of benzene rings is 1. The Morgan fingerprint density at radius 1 is 1.20 bits per heavy atom. The lowest BCUT2D eigenvalue weighted by molar-refractivity contribution is 0.0619. The lowest BCUT2D eigenvalue weighted by atomic mass is 9.84. The molecular formula is C20H25N3O2. The largest absolute Gasteiger partial charge is 0.348 e. The van der Waals surface area contributed by atoms with Crippen molar-refractivity contribution < 1.29 is 4.79 Å². The van der Waals surface area contributed by atoms with E-state index >= 15 is 0 Å². The van der Waals surface area contributed by atoms with Crippen molar-refractivity contribution in [3.63, 3.8) is 0 Å². The van der Waals surface area contributed by atoms with Crippen LogP contribution >= 0.6 is 0 Å². The first-order valence-corrected chi connectivity index (χ1v) is 9.22. The SMILES string of the molecule is CC(C)n1c(=O)c(C(=O)NC2CN3CCC2CC3)cc2ccccc21. The average molecular weight is 339 g/mol. The number of hydrogen-bond acceptors (Lipinski definition) is 3. The Kier molecular flexibility index (Phi) is 4.12. The summed E-state index contributed by atoms with van der Waals surface area (Å²) < 4.78 is 1.72. The molecule has 1 aromatic carbocycles. The van der Waals surface area contributed by atoms with Crippen molar-refractivity contribution in [2.45, 2.75) is 38.8 Å². The van der Waals surface area contributed by atoms with Crippen molar-refractivity contribution in [1.29, 1.82) is 0 Å². The molecule has 1 unspecified atom stereocenters. The van der Waals surface area contributed by atoms with Gasteiger partial charge in [-0.2, -0.15) is 0 Å². The Hall–Kier alpha value is -2.14. The molecule has 2 bridgehead atoms. The Balaban J connectivity index is 1.70. The van der Waals surface area contributed by atoms with Crippen molar-refractivity contribution >= 4 is 16.8 Å². The normalized spacial score (nSPS) is 25.5. The molecule has 4 heterocycles. The number of hydrogen-bond donors (Lipinski definition) is 1. The van der Waals surface area contributed by atoms with Gasteiger partial charge < -0.3 is 14.8 Å². The number of piperidine rings is 3. The van der Waals surface area contributed by atoms with Crippen LogP contribution in [0.3, 0.4) is 0 Å². The maximum atomic E-state index is 13.0. The van der Waals surface area contributed by atoms with Gasteiger partial charge in [0.2, 0.25) is 0 Å². The Morgan fingerprint density at radius 3 is 2.56 bits per heavy atom. The van der Waals surface area contributed by atoms with Gasteiger partial charge in [-0.25, -0.2) is 0 Å². The zero-order valence-electron chi connectivity index (χ0n) is 14.9. The summed E-state index contributed by atoms with van der Waals surface area (Å²) in [5.74, 6) is 0.311. The van der Waals surface area contributed by atoms with Crippen molar-refractivity contribution in [3.05, 3.63) is 46.2 Å². The van der Waals surface area contributed by atoms with Gasteiger partial charge in [-0.1, -0.05) is 18.2 Å². The van der Waals surface area contributed by atoms with E-state index in [-0.39, 0.29) is 29.1 Å². The minimum Gasteiger partial charge on any atom is -0.348 e. The Labute approximate surface area is 147 Å². The summed E-state index contributed by atoms with van der Waals surface area (Å²) in [6.45, 7) is 7.12. The lowest BCUT2D eigenvalue weighted by Crippen LogP contribution is -2.57. The molecule has 3 saturated heterocycles. The minimum absolute atomic E-state index is 0.00181. The number of carbonyl (C=O) groups excluding carboxylic acids is 1. The van der Waals surface area contributed by atoms with Crippen LogP contribution in [-0.2, 0) is 0 Å². The third-order valence-electron chi connectivity index (χ3n) is 5.68. The second-order valence-corrected chi connectivity index (χ2v) is 7.60. The summed E-state index contributed by atoms with van der Waals surface area (Å²) in [5.41, 5.74) is 0.929. The highest BCUT2D eigenvalue weighted by Crippen LogP contribution is 2.27. The number of fused-ring (bicyclic) bond motifs is 4. The second-order valence-electron chi connectivity index (χ2n) is 7.60. The average Bonchev–Trinajstić information content (AvgIpc) is 2.61. The number of para-hydroxylation sites is 1. The number of nitrogens with one attached hydrogen (secondary N) is 1. The van der Waals surface area contributed by atoms with Gasteiger partial charge in [0.05, 0.1) is 5.52 Å². The fourth-order valence-electron chi connectivity index (χ4n) is 4.34. The number of nitrogens with zero attached hydrogens (tertiary/aromatic N) is 2. The summed E-state index contributed by atoms with van der Waals surface area (Å²) in [7, 11) is 0. The first-order valence-electron chi connectivity index (χ1n) is 9.22. The van der Waals surface area contributed by atoms with E-state index in [1.807, 2.05) is 38.1 Å². The van der Waals surface area contributed by atoms with E-state index in [9.17, 15) is 9.59 Å². The molecule has 0 spiro atoms. The topological polar surface area (TPSA) is 54.3 Å². The third kappa shape index (κ3) is 2.86. The number of amides is 1. The van der Waals surface area contributed by atoms with Gasteiger partial charge >= 0.3 is 0 Å². The van der Waals surface area contributed by atoms with Crippen molar-refractivity contribution in [1.82, 2.24) is 14.8 Å². The van der Waals surface area contributed by atoms with Crippen molar-refractivity contribution in [3.8, 4) is 0 Å². The molecule has 5 heteroatoms. The smallest absolute Gasteiger partial charge is 0.264 e. The van der Waals surface area contributed by atoms with E-state index in [2.05, 4.69) is 10.2 Å². The van der Waals surface area contributed by atoms with Gasteiger partial charge in [0.1, 0.15) is 5.56 Å². The van der Waals surface area contributed by atoms with Crippen molar-refractivity contribution in [2.24, 2.45) is 5.92 Å².